The molecule has 15 rings (SSSR count). The quantitative estimate of drug-likeness (QED) is 0.172. The van der Waals surface area contributed by atoms with Crippen molar-refractivity contribution in [3.63, 3.8) is 0 Å². The minimum absolute atomic E-state index is 0.271. The van der Waals surface area contributed by atoms with Crippen molar-refractivity contribution in [2.24, 2.45) is 0 Å². The Morgan fingerprint density at radius 3 is 1.78 bits per heavy atom. The van der Waals surface area contributed by atoms with Gasteiger partial charge in [-0.15, -0.1) is 0 Å². The topological polar surface area (TPSA) is 13.1 Å². The first-order valence-corrected chi connectivity index (χ1v) is 23.0. The molecule has 2 aliphatic rings. The van der Waals surface area contributed by atoms with Crippen molar-refractivity contribution in [3.8, 4) is 22.5 Å². The first-order chi connectivity index (χ1) is 33.2. The molecule has 0 bridgehead atoms. The predicted octanol–water partition coefficient (Wildman–Crippen LogP) is 16.5. The molecule has 0 N–H and O–H groups in total. The van der Waals surface area contributed by atoms with E-state index in [0.29, 0.717) is 0 Å². The van der Waals surface area contributed by atoms with Crippen molar-refractivity contribution >= 4 is 82.2 Å². The Kier molecular flexibility index (Phi) is 7.33. The highest BCUT2D eigenvalue weighted by molar-refractivity contribution is 6.19. The van der Waals surface area contributed by atoms with Gasteiger partial charge in [0, 0.05) is 44.0 Å². The fourth-order valence-corrected chi connectivity index (χ4v) is 12.4. The Bertz CT molecular complexity index is 4240. The van der Waals surface area contributed by atoms with Gasteiger partial charge in [-0.3, -0.25) is 0 Å². The molecule has 0 amide bonds. The SMILES string of the molecule is Fc1ccc(N(c2ccc3c(c2)c2ccccc2n3-c2ccccc2)c2cc3c(c4ccccc24)-c2c(ccc4ccccc24)C32c3ccccc3-n3c4ccccc4c4cccc2c43)cc1. The minimum Gasteiger partial charge on any atom is -0.310 e. The van der Waals surface area contributed by atoms with E-state index in [0.717, 1.165) is 44.6 Å². The van der Waals surface area contributed by atoms with Crippen molar-refractivity contribution in [1.82, 2.24) is 9.13 Å². The molecule has 0 saturated heterocycles. The van der Waals surface area contributed by atoms with E-state index < -0.39 is 5.41 Å². The van der Waals surface area contributed by atoms with E-state index in [1.165, 1.54) is 82.4 Å². The van der Waals surface area contributed by atoms with E-state index in [9.17, 15) is 0 Å². The summed E-state index contributed by atoms with van der Waals surface area (Å²) in [6.07, 6.45) is 0. The normalized spacial score (nSPS) is 14.7. The second-order valence-electron chi connectivity index (χ2n) is 18.1. The summed E-state index contributed by atoms with van der Waals surface area (Å²) >= 11 is 0. The van der Waals surface area contributed by atoms with Crippen LogP contribution in [0.2, 0.25) is 0 Å². The van der Waals surface area contributed by atoms with Gasteiger partial charge in [0.05, 0.1) is 38.9 Å². The maximum Gasteiger partial charge on any atom is 0.123 e. The van der Waals surface area contributed by atoms with Crippen LogP contribution in [-0.4, -0.2) is 9.13 Å². The molecule has 1 unspecified atom stereocenters. The number of fused-ring (bicyclic) bond motifs is 19. The number of aromatic nitrogens is 2. The average molecular weight is 856 g/mol. The molecule has 1 aliphatic heterocycles. The number of benzene rings is 11. The molecule has 67 heavy (non-hydrogen) atoms. The van der Waals surface area contributed by atoms with Gasteiger partial charge in [0.25, 0.3) is 0 Å². The number of nitrogens with zero attached hydrogens (tertiary/aromatic N) is 3. The summed E-state index contributed by atoms with van der Waals surface area (Å²) in [5.41, 5.74) is 16.7. The number of hydrogen-bond acceptors (Lipinski definition) is 1. The largest absolute Gasteiger partial charge is 0.310 e. The highest BCUT2D eigenvalue weighted by Gasteiger charge is 2.52. The second kappa shape index (κ2) is 13.4. The lowest BCUT2D eigenvalue weighted by Crippen LogP contribution is -2.33. The van der Waals surface area contributed by atoms with Crippen LogP contribution in [0.1, 0.15) is 22.3 Å². The zero-order valence-corrected chi connectivity index (χ0v) is 36.2. The third kappa shape index (κ3) is 4.73. The maximum atomic E-state index is 15.1. The van der Waals surface area contributed by atoms with Gasteiger partial charge in [0.2, 0.25) is 0 Å². The fraction of sp³-hybridized carbons (Fsp3) is 0.0159. The van der Waals surface area contributed by atoms with Gasteiger partial charge in [-0.25, -0.2) is 4.39 Å². The van der Waals surface area contributed by atoms with Crippen LogP contribution in [0.5, 0.6) is 0 Å². The summed E-state index contributed by atoms with van der Waals surface area (Å²) in [4.78, 5) is 2.36. The number of para-hydroxylation sites is 5. The summed E-state index contributed by atoms with van der Waals surface area (Å²) in [6, 6.07) is 82.9. The van der Waals surface area contributed by atoms with Crippen LogP contribution in [0, 0.1) is 5.82 Å². The van der Waals surface area contributed by atoms with Crippen LogP contribution in [0.4, 0.5) is 21.5 Å². The zero-order valence-electron chi connectivity index (χ0n) is 36.2. The molecular weight excluding hydrogens is 818 g/mol. The molecule has 1 spiro atoms. The molecule has 13 aromatic rings. The highest BCUT2D eigenvalue weighted by atomic mass is 19.1. The first kappa shape index (κ1) is 36.6. The molecule has 3 nitrogen and oxygen atoms in total. The average Bonchev–Trinajstić information content (AvgIpc) is 4.01. The number of halogens is 1. The Morgan fingerprint density at radius 2 is 0.955 bits per heavy atom. The van der Waals surface area contributed by atoms with Crippen molar-refractivity contribution in [3.05, 3.63) is 259 Å². The molecule has 312 valence electrons. The van der Waals surface area contributed by atoms with E-state index >= 15 is 4.39 Å². The Balaban J connectivity index is 1.10. The third-order valence-corrected chi connectivity index (χ3v) is 14.9. The molecule has 2 aromatic heterocycles. The maximum absolute atomic E-state index is 15.1. The summed E-state index contributed by atoms with van der Waals surface area (Å²) in [7, 11) is 0. The second-order valence-corrected chi connectivity index (χ2v) is 18.1. The molecule has 11 aromatic carbocycles. The minimum atomic E-state index is -0.699. The lowest BCUT2D eigenvalue weighted by atomic mass is 9.65. The number of rotatable bonds is 4. The summed E-state index contributed by atoms with van der Waals surface area (Å²) in [5.74, 6) is -0.271. The van der Waals surface area contributed by atoms with Gasteiger partial charge in [0.15, 0.2) is 0 Å². The summed E-state index contributed by atoms with van der Waals surface area (Å²) in [6.45, 7) is 0. The van der Waals surface area contributed by atoms with E-state index in [1.54, 1.807) is 12.1 Å². The van der Waals surface area contributed by atoms with Gasteiger partial charge in [-0.1, -0.05) is 152 Å². The van der Waals surface area contributed by atoms with Crippen LogP contribution >= 0.6 is 0 Å². The van der Waals surface area contributed by atoms with Crippen molar-refractivity contribution in [2.45, 2.75) is 5.41 Å². The van der Waals surface area contributed by atoms with Crippen molar-refractivity contribution in [2.75, 3.05) is 4.90 Å². The van der Waals surface area contributed by atoms with E-state index in [1.807, 2.05) is 12.1 Å². The summed E-state index contributed by atoms with van der Waals surface area (Å²) in [5, 5.41) is 9.55. The van der Waals surface area contributed by atoms with Gasteiger partial charge >= 0.3 is 0 Å². The van der Waals surface area contributed by atoms with Gasteiger partial charge in [0.1, 0.15) is 5.82 Å². The Hall–Kier alpha value is -8.73. The molecule has 1 aliphatic carbocycles. The standard InChI is InChI=1S/C63H38FN3/c64-40-30-32-42(33-31-40)65(43-34-36-57-50(37-43)47-21-9-11-26-55(47)66(57)41-16-2-1-3-17-41)59-38-54-61(48-22-7-6-19-45(48)59)60-44-18-5-4-15-39(44)29-35-52(60)63(54)51-24-10-13-28-58(51)67-56-27-12-8-20-46(56)49-23-14-25-53(63)62(49)67/h1-38H. The molecule has 0 saturated carbocycles. The monoisotopic (exact) mass is 855 g/mol. The van der Waals surface area contributed by atoms with Gasteiger partial charge < -0.3 is 14.0 Å². The first-order valence-electron chi connectivity index (χ1n) is 23.0. The molecule has 4 heteroatoms. The van der Waals surface area contributed by atoms with Crippen LogP contribution in [0.15, 0.2) is 231 Å². The highest BCUT2D eigenvalue weighted by Crippen LogP contribution is 2.64. The lowest BCUT2D eigenvalue weighted by Gasteiger charge is -2.40. The van der Waals surface area contributed by atoms with Crippen LogP contribution in [0.3, 0.4) is 0 Å². The molecule has 0 radical (unpaired) electrons. The van der Waals surface area contributed by atoms with Crippen LogP contribution in [0.25, 0.3) is 87.7 Å². The van der Waals surface area contributed by atoms with E-state index in [4.69, 9.17) is 0 Å². The van der Waals surface area contributed by atoms with Crippen molar-refractivity contribution in [1.29, 1.82) is 0 Å². The predicted molar refractivity (Wildman–Crippen MR) is 276 cm³/mol. The third-order valence-electron chi connectivity index (χ3n) is 14.9. The number of hydrogen-bond donors (Lipinski definition) is 0. The fourth-order valence-electron chi connectivity index (χ4n) is 12.4. The Morgan fingerprint density at radius 1 is 0.358 bits per heavy atom. The summed E-state index contributed by atoms with van der Waals surface area (Å²) < 4.78 is 19.9. The van der Waals surface area contributed by atoms with Crippen molar-refractivity contribution < 1.29 is 4.39 Å². The zero-order chi connectivity index (χ0) is 44.0. The van der Waals surface area contributed by atoms with Crippen LogP contribution < -0.4 is 4.90 Å². The van der Waals surface area contributed by atoms with E-state index in [-0.39, 0.29) is 5.82 Å². The van der Waals surface area contributed by atoms with Gasteiger partial charge in [-0.05, 0) is 128 Å². The van der Waals surface area contributed by atoms with Gasteiger partial charge in [-0.2, -0.15) is 0 Å². The molecule has 3 heterocycles. The Labute approximate surface area is 385 Å². The van der Waals surface area contributed by atoms with Crippen LogP contribution in [-0.2, 0) is 5.41 Å². The molecule has 1 atom stereocenters. The smallest absolute Gasteiger partial charge is 0.123 e. The molecule has 0 fully saturated rings. The lowest BCUT2D eigenvalue weighted by molar-refractivity contribution is 0.628. The molecular formula is C63H38FN3. The van der Waals surface area contributed by atoms with E-state index in [2.05, 4.69) is 220 Å². The number of anilines is 3.